The van der Waals surface area contributed by atoms with Crippen molar-refractivity contribution in [2.24, 2.45) is 0 Å². The van der Waals surface area contributed by atoms with Crippen LogP contribution in [0.3, 0.4) is 0 Å². The van der Waals surface area contributed by atoms with E-state index in [9.17, 15) is 4.79 Å². The van der Waals surface area contributed by atoms with E-state index in [2.05, 4.69) is 95.5 Å². The highest BCUT2D eigenvalue weighted by molar-refractivity contribution is 6.08. The Morgan fingerprint density at radius 2 is 1.63 bits per heavy atom. The van der Waals surface area contributed by atoms with Gasteiger partial charge in [0, 0.05) is 55.9 Å². The van der Waals surface area contributed by atoms with Crippen LogP contribution in [0.15, 0.2) is 48.5 Å². The Balaban J connectivity index is 1.45. The largest absolute Gasteiger partial charge is 0.344 e. The predicted molar refractivity (Wildman–Crippen MR) is 146 cm³/mol. The molecule has 5 nitrogen and oxygen atoms in total. The first-order chi connectivity index (χ1) is 17.0. The minimum absolute atomic E-state index is 0.198. The maximum Gasteiger partial charge on any atom is 0.256 e. The Morgan fingerprint density at radius 3 is 2.31 bits per heavy atom. The number of hydrogen-bond acceptors (Lipinski definition) is 3. The van der Waals surface area contributed by atoms with E-state index in [1.54, 1.807) is 0 Å². The molecule has 0 radical (unpaired) electrons. The van der Waals surface area contributed by atoms with Gasteiger partial charge in [-0.25, -0.2) is 0 Å². The second kappa shape index (κ2) is 11.9. The van der Waals surface area contributed by atoms with Crippen LogP contribution in [-0.2, 0) is 13.0 Å². The second-order valence-electron chi connectivity index (χ2n) is 9.88. The molecule has 0 saturated carbocycles. The molecule has 1 aromatic heterocycles. The average molecular weight is 475 g/mol. The quantitative estimate of drug-likeness (QED) is 0.415. The fraction of sp³-hybridized carbons (Fsp3) is 0.500. The summed E-state index contributed by atoms with van der Waals surface area (Å²) in [5, 5.41) is 1.11. The molecule has 0 atom stereocenters. The van der Waals surface area contributed by atoms with Crippen LogP contribution in [0, 0.1) is 13.8 Å². The van der Waals surface area contributed by atoms with E-state index < -0.39 is 0 Å². The Bertz CT molecular complexity index is 1110. The van der Waals surface area contributed by atoms with Gasteiger partial charge in [-0.1, -0.05) is 55.8 Å². The zero-order chi connectivity index (χ0) is 24.8. The third-order valence-corrected chi connectivity index (χ3v) is 7.66. The van der Waals surface area contributed by atoms with Gasteiger partial charge in [0.1, 0.15) is 0 Å². The topological polar surface area (TPSA) is 31.7 Å². The summed E-state index contributed by atoms with van der Waals surface area (Å²) in [6, 6.07) is 17.2. The molecule has 0 unspecified atom stereocenters. The fourth-order valence-corrected chi connectivity index (χ4v) is 5.41. The molecule has 2 aromatic carbocycles. The fourth-order valence-electron chi connectivity index (χ4n) is 5.41. The van der Waals surface area contributed by atoms with E-state index in [0.29, 0.717) is 0 Å². The van der Waals surface area contributed by atoms with Crippen LogP contribution >= 0.6 is 0 Å². The summed E-state index contributed by atoms with van der Waals surface area (Å²) >= 11 is 0. The molecule has 188 valence electrons. The van der Waals surface area contributed by atoms with Crippen molar-refractivity contribution in [2.75, 3.05) is 52.4 Å². The highest BCUT2D eigenvalue weighted by atomic mass is 16.2. The van der Waals surface area contributed by atoms with Crippen molar-refractivity contribution in [3.8, 4) is 0 Å². The number of amides is 1. The van der Waals surface area contributed by atoms with E-state index in [4.69, 9.17) is 0 Å². The molecule has 0 bridgehead atoms. The molecule has 1 saturated heterocycles. The smallest absolute Gasteiger partial charge is 0.256 e. The monoisotopic (exact) mass is 474 g/mol. The van der Waals surface area contributed by atoms with E-state index in [1.807, 2.05) is 0 Å². The standard InChI is InChI=1S/C30H42N4O/c1-5-31(6-2)16-10-17-34-25(4)29(27-23-24(3)13-14-28(27)34)30(35)33-21-19-32(20-22-33)18-15-26-11-8-7-9-12-26/h7-9,11-14,23H,5-6,10,15-22H2,1-4H3. The molecule has 0 spiro atoms. The number of carbonyl (C=O) groups excluding carboxylic acids is 1. The summed E-state index contributed by atoms with van der Waals surface area (Å²) in [5.74, 6) is 0.198. The van der Waals surface area contributed by atoms with Gasteiger partial charge >= 0.3 is 0 Å². The molecule has 4 rings (SSSR count). The number of carbonyl (C=O) groups is 1. The summed E-state index contributed by atoms with van der Waals surface area (Å²) in [6.07, 6.45) is 2.15. The third kappa shape index (κ3) is 5.96. The first-order valence-corrected chi connectivity index (χ1v) is 13.4. The van der Waals surface area contributed by atoms with Crippen molar-refractivity contribution in [2.45, 2.75) is 47.1 Å². The zero-order valence-corrected chi connectivity index (χ0v) is 22.1. The predicted octanol–water partition coefficient (Wildman–Crippen LogP) is 4.99. The van der Waals surface area contributed by atoms with Gasteiger partial charge in [-0.15, -0.1) is 0 Å². The van der Waals surface area contributed by atoms with Gasteiger partial charge in [-0.3, -0.25) is 9.69 Å². The van der Waals surface area contributed by atoms with Crippen molar-refractivity contribution in [3.05, 3.63) is 70.9 Å². The minimum atomic E-state index is 0.198. The van der Waals surface area contributed by atoms with Gasteiger partial charge in [0.15, 0.2) is 0 Å². The van der Waals surface area contributed by atoms with Crippen LogP contribution in [0.4, 0.5) is 0 Å². The molecule has 2 heterocycles. The number of aryl methyl sites for hydroxylation is 2. The Kier molecular flexibility index (Phi) is 8.64. The van der Waals surface area contributed by atoms with Gasteiger partial charge in [0.25, 0.3) is 5.91 Å². The number of fused-ring (bicyclic) bond motifs is 1. The number of rotatable bonds is 10. The van der Waals surface area contributed by atoms with E-state index in [1.165, 1.54) is 16.6 Å². The number of nitrogens with zero attached hydrogens (tertiary/aromatic N) is 4. The van der Waals surface area contributed by atoms with Crippen molar-refractivity contribution in [1.82, 2.24) is 19.3 Å². The summed E-state index contributed by atoms with van der Waals surface area (Å²) in [5.41, 5.74) is 5.80. The molecule has 1 aliphatic heterocycles. The number of piperazine rings is 1. The molecule has 1 fully saturated rings. The molecule has 35 heavy (non-hydrogen) atoms. The maximum atomic E-state index is 13.8. The Morgan fingerprint density at radius 1 is 0.914 bits per heavy atom. The van der Waals surface area contributed by atoms with Crippen molar-refractivity contribution < 1.29 is 4.79 Å². The molecule has 3 aromatic rings. The maximum absolute atomic E-state index is 13.8. The molecular weight excluding hydrogens is 432 g/mol. The highest BCUT2D eigenvalue weighted by Crippen LogP contribution is 2.29. The van der Waals surface area contributed by atoms with Gasteiger partial charge in [0.05, 0.1) is 5.56 Å². The number of benzene rings is 2. The van der Waals surface area contributed by atoms with Crippen LogP contribution in [0.1, 0.15) is 47.4 Å². The van der Waals surface area contributed by atoms with Crippen LogP contribution in [0.2, 0.25) is 0 Å². The Hall–Kier alpha value is -2.63. The van der Waals surface area contributed by atoms with Gasteiger partial charge < -0.3 is 14.4 Å². The molecule has 0 aliphatic carbocycles. The van der Waals surface area contributed by atoms with Crippen LogP contribution < -0.4 is 0 Å². The van der Waals surface area contributed by atoms with Crippen molar-refractivity contribution in [1.29, 1.82) is 0 Å². The summed E-state index contributed by atoms with van der Waals surface area (Å²) < 4.78 is 2.38. The van der Waals surface area contributed by atoms with Crippen LogP contribution in [0.5, 0.6) is 0 Å². The lowest BCUT2D eigenvalue weighted by Gasteiger charge is -2.35. The zero-order valence-electron chi connectivity index (χ0n) is 22.1. The normalized spacial score (nSPS) is 14.8. The Labute approximate surface area is 211 Å². The van der Waals surface area contributed by atoms with E-state index in [0.717, 1.165) is 88.4 Å². The highest BCUT2D eigenvalue weighted by Gasteiger charge is 2.27. The second-order valence-corrected chi connectivity index (χ2v) is 9.88. The lowest BCUT2D eigenvalue weighted by molar-refractivity contribution is 0.0639. The van der Waals surface area contributed by atoms with Gasteiger partial charge in [0.2, 0.25) is 0 Å². The first-order valence-electron chi connectivity index (χ1n) is 13.4. The lowest BCUT2D eigenvalue weighted by atomic mass is 10.1. The van der Waals surface area contributed by atoms with Crippen molar-refractivity contribution >= 4 is 16.8 Å². The number of aromatic nitrogens is 1. The van der Waals surface area contributed by atoms with Gasteiger partial charge in [-0.05, 0) is 64.0 Å². The summed E-state index contributed by atoms with van der Waals surface area (Å²) in [6.45, 7) is 17.4. The SMILES string of the molecule is CCN(CC)CCCn1c(C)c(C(=O)N2CCN(CCc3ccccc3)CC2)c2cc(C)ccc21. The molecule has 0 N–H and O–H groups in total. The van der Waals surface area contributed by atoms with E-state index in [-0.39, 0.29) is 5.91 Å². The lowest BCUT2D eigenvalue weighted by Crippen LogP contribution is -2.49. The molecular formula is C30H42N4O. The summed E-state index contributed by atoms with van der Waals surface area (Å²) in [4.78, 5) is 20.8. The minimum Gasteiger partial charge on any atom is -0.344 e. The molecule has 5 heteroatoms. The third-order valence-electron chi connectivity index (χ3n) is 7.66. The summed E-state index contributed by atoms with van der Waals surface area (Å²) in [7, 11) is 0. The van der Waals surface area contributed by atoms with Gasteiger partial charge in [-0.2, -0.15) is 0 Å². The molecule has 1 amide bonds. The van der Waals surface area contributed by atoms with Crippen LogP contribution in [-0.4, -0.2) is 77.5 Å². The first kappa shape index (κ1) is 25.5. The number of hydrogen-bond donors (Lipinski definition) is 0. The van der Waals surface area contributed by atoms with Crippen LogP contribution in [0.25, 0.3) is 10.9 Å². The van der Waals surface area contributed by atoms with E-state index >= 15 is 0 Å². The average Bonchev–Trinajstić information content (AvgIpc) is 3.16. The molecule has 1 aliphatic rings. The van der Waals surface area contributed by atoms with Crippen molar-refractivity contribution in [3.63, 3.8) is 0 Å².